The lowest BCUT2D eigenvalue weighted by Gasteiger charge is -2.17. The third-order valence-electron chi connectivity index (χ3n) is 4.10. The predicted octanol–water partition coefficient (Wildman–Crippen LogP) is 4.92. The Hall–Kier alpha value is -2.74. The van der Waals surface area contributed by atoms with E-state index in [4.69, 9.17) is 4.74 Å². The Bertz CT molecular complexity index is 920. The normalized spacial score (nSPS) is 12.2. The molecular formula is C20H23FN4O2S. The van der Waals surface area contributed by atoms with Crippen molar-refractivity contribution < 1.29 is 13.9 Å². The van der Waals surface area contributed by atoms with Crippen LogP contribution in [0.1, 0.15) is 48.7 Å². The quantitative estimate of drug-likeness (QED) is 0.581. The van der Waals surface area contributed by atoms with Crippen molar-refractivity contribution in [3.63, 3.8) is 0 Å². The van der Waals surface area contributed by atoms with Crippen LogP contribution in [0.2, 0.25) is 0 Å². The first kappa shape index (κ1) is 20.0. The van der Waals surface area contributed by atoms with Gasteiger partial charge in [0.1, 0.15) is 34.7 Å². The molecule has 1 aromatic carbocycles. The predicted molar refractivity (Wildman–Crippen MR) is 107 cm³/mol. The van der Waals surface area contributed by atoms with Gasteiger partial charge in [-0.25, -0.2) is 14.1 Å². The van der Waals surface area contributed by atoms with E-state index in [0.29, 0.717) is 28.2 Å². The third-order valence-corrected chi connectivity index (χ3v) is 4.92. The molecule has 1 N–H and O–H groups in total. The molecule has 0 bridgehead atoms. The Morgan fingerprint density at radius 2 is 2.00 bits per heavy atom. The first-order chi connectivity index (χ1) is 13.4. The number of hydrogen-bond donors (Lipinski definition) is 1. The van der Waals surface area contributed by atoms with E-state index in [-0.39, 0.29) is 24.4 Å². The topological polar surface area (TPSA) is 69.0 Å². The summed E-state index contributed by atoms with van der Waals surface area (Å²) >= 11 is 1.34. The maximum absolute atomic E-state index is 12.9. The fraction of sp³-hybridized carbons (Fsp3) is 0.350. The minimum Gasteiger partial charge on any atom is -0.486 e. The largest absolute Gasteiger partial charge is 0.486 e. The zero-order valence-electron chi connectivity index (χ0n) is 16.1. The third kappa shape index (κ3) is 5.16. The Balaban J connectivity index is 1.60. The van der Waals surface area contributed by atoms with Gasteiger partial charge in [0, 0.05) is 11.4 Å². The van der Waals surface area contributed by atoms with Crippen molar-refractivity contribution in [2.45, 2.75) is 39.8 Å². The number of amides is 1. The number of carbonyl (C=O) groups excluding carboxylic acids is 1. The van der Waals surface area contributed by atoms with Crippen LogP contribution in [-0.2, 0) is 6.61 Å². The van der Waals surface area contributed by atoms with Crippen LogP contribution < -0.4 is 10.1 Å². The van der Waals surface area contributed by atoms with Gasteiger partial charge in [-0.1, -0.05) is 13.8 Å². The minimum atomic E-state index is -0.317. The highest BCUT2D eigenvalue weighted by molar-refractivity contribution is 7.09. The molecule has 0 aliphatic carbocycles. The van der Waals surface area contributed by atoms with E-state index in [2.05, 4.69) is 36.2 Å². The lowest BCUT2D eigenvalue weighted by atomic mass is 10.1. The molecular weight excluding hydrogens is 379 g/mol. The number of ether oxygens (including phenoxy) is 1. The lowest BCUT2D eigenvalue weighted by Crippen LogP contribution is -2.18. The van der Waals surface area contributed by atoms with E-state index in [9.17, 15) is 9.18 Å². The molecule has 0 aliphatic rings. The second kappa shape index (κ2) is 8.97. The van der Waals surface area contributed by atoms with Gasteiger partial charge in [0.15, 0.2) is 0 Å². The van der Waals surface area contributed by atoms with Crippen LogP contribution in [0.4, 0.5) is 10.2 Å². The molecule has 0 fully saturated rings. The Morgan fingerprint density at radius 3 is 2.71 bits per heavy atom. The van der Waals surface area contributed by atoms with Crippen LogP contribution in [0, 0.1) is 11.7 Å². The zero-order chi connectivity index (χ0) is 20.1. The molecule has 2 heterocycles. The monoisotopic (exact) mass is 402 g/mol. The van der Waals surface area contributed by atoms with Crippen LogP contribution in [0.5, 0.6) is 5.75 Å². The average Bonchev–Trinajstić information content (AvgIpc) is 3.30. The second-order valence-electron chi connectivity index (χ2n) is 6.96. The highest BCUT2D eigenvalue weighted by Crippen LogP contribution is 2.22. The number of aromatic nitrogens is 3. The highest BCUT2D eigenvalue weighted by Gasteiger charge is 2.16. The van der Waals surface area contributed by atoms with Crippen LogP contribution in [0.25, 0.3) is 0 Å². The van der Waals surface area contributed by atoms with Crippen molar-refractivity contribution in [1.29, 1.82) is 0 Å². The van der Waals surface area contributed by atoms with Crippen LogP contribution in [-0.4, -0.2) is 20.7 Å². The van der Waals surface area contributed by atoms with Crippen LogP contribution >= 0.6 is 11.3 Å². The summed E-state index contributed by atoms with van der Waals surface area (Å²) in [5, 5.41) is 9.56. The van der Waals surface area contributed by atoms with E-state index in [1.54, 1.807) is 29.8 Å². The number of benzene rings is 1. The first-order valence-corrected chi connectivity index (χ1v) is 9.98. The molecule has 0 unspecified atom stereocenters. The number of thiazole rings is 1. The summed E-state index contributed by atoms with van der Waals surface area (Å²) in [6.07, 6.45) is 2.64. The molecule has 0 saturated carbocycles. The molecule has 6 nitrogen and oxygen atoms in total. The summed E-state index contributed by atoms with van der Waals surface area (Å²) in [6.45, 7) is 6.61. The maximum atomic E-state index is 12.9. The lowest BCUT2D eigenvalue weighted by molar-refractivity contribution is 0.102. The van der Waals surface area contributed by atoms with Crippen molar-refractivity contribution in [3.8, 4) is 5.75 Å². The van der Waals surface area contributed by atoms with Crippen molar-refractivity contribution in [2.75, 3.05) is 5.32 Å². The van der Waals surface area contributed by atoms with Crippen molar-refractivity contribution in [1.82, 2.24) is 14.8 Å². The smallest absolute Gasteiger partial charge is 0.276 e. The molecule has 2 aromatic heterocycles. The summed E-state index contributed by atoms with van der Waals surface area (Å²) in [6, 6.07) is 7.73. The summed E-state index contributed by atoms with van der Waals surface area (Å²) < 4.78 is 20.3. The van der Waals surface area contributed by atoms with Gasteiger partial charge in [-0.05, 0) is 43.5 Å². The first-order valence-electron chi connectivity index (χ1n) is 9.10. The van der Waals surface area contributed by atoms with Gasteiger partial charge in [0.25, 0.3) is 5.91 Å². The second-order valence-corrected chi connectivity index (χ2v) is 7.91. The summed E-state index contributed by atoms with van der Waals surface area (Å²) in [5.41, 5.74) is 0.326. The molecule has 3 aromatic rings. The number of halogens is 1. The summed E-state index contributed by atoms with van der Waals surface area (Å²) in [7, 11) is 0. The molecule has 3 rings (SSSR count). The van der Waals surface area contributed by atoms with E-state index >= 15 is 0 Å². The molecule has 0 radical (unpaired) electrons. The summed E-state index contributed by atoms with van der Waals surface area (Å²) in [5.74, 6) is 1.12. The highest BCUT2D eigenvalue weighted by atomic mass is 32.1. The SMILES string of the molecule is CC(C)C[C@H](C)n1nccc1NC(=O)c1csc(COc2ccc(F)cc2)n1. The van der Waals surface area contributed by atoms with Crippen molar-refractivity contribution in [3.05, 3.63) is 58.4 Å². The van der Waals surface area contributed by atoms with Gasteiger partial charge >= 0.3 is 0 Å². The number of carbonyl (C=O) groups is 1. The molecule has 148 valence electrons. The molecule has 28 heavy (non-hydrogen) atoms. The van der Waals surface area contributed by atoms with Gasteiger partial charge in [0.2, 0.25) is 0 Å². The Kier molecular flexibility index (Phi) is 6.41. The van der Waals surface area contributed by atoms with Gasteiger partial charge in [-0.15, -0.1) is 11.3 Å². The number of nitrogens with one attached hydrogen (secondary N) is 1. The fourth-order valence-corrected chi connectivity index (χ4v) is 3.57. The van der Waals surface area contributed by atoms with E-state index in [0.717, 1.165) is 6.42 Å². The molecule has 1 atom stereocenters. The number of rotatable bonds is 8. The van der Waals surface area contributed by atoms with Crippen molar-refractivity contribution in [2.24, 2.45) is 5.92 Å². The number of anilines is 1. The Morgan fingerprint density at radius 1 is 1.25 bits per heavy atom. The molecule has 0 saturated heterocycles. The van der Waals surface area contributed by atoms with Gasteiger partial charge in [0.05, 0.1) is 12.2 Å². The number of nitrogens with zero attached hydrogens (tertiary/aromatic N) is 3. The summed E-state index contributed by atoms with van der Waals surface area (Å²) in [4.78, 5) is 16.9. The van der Waals surface area contributed by atoms with Gasteiger partial charge < -0.3 is 10.1 Å². The fourth-order valence-electron chi connectivity index (χ4n) is 2.88. The zero-order valence-corrected chi connectivity index (χ0v) is 16.9. The number of hydrogen-bond acceptors (Lipinski definition) is 5. The molecule has 0 aliphatic heterocycles. The molecule has 0 spiro atoms. The minimum absolute atomic E-state index is 0.181. The standard InChI is InChI=1S/C20H23FN4O2S/c1-13(2)10-14(3)25-18(8-9-22-25)24-20(26)17-12-28-19(23-17)11-27-16-6-4-15(21)5-7-16/h4-9,12-14H,10-11H2,1-3H3,(H,24,26)/t14-/m0/s1. The van der Waals surface area contributed by atoms with Crippen LogP contribution in [0.3, 0.4) is 0 Å². The van der Waals surface area contributed by atoms with Crippen molar-refractivity contribution >= 4 is 23.1 Å². The van der Waals surface area contributed by atoms with E-state index < -0.39 is 0 Å². The van der Waals surface area contributed by atoms with Gasteiger partial charge in [-0.2, -0.15) is 5.10 Å². The average molecular weight is 402 g/mol. The molecule has 1 amide bonds. The van der Waals surface area contributed by atoms with E-state index in [1.165, 1.54) is 23.5 Å². The van der Waals surface area contributed by atoms with E-state index in [1.807, 2.05) is 4.68 Å². The van der Waals surface area contributed by atoms with Crippen LogP contribution in [0.15, 0.2) is 41.9 Å². The maximum Gasteiger partial charge on any atom is 0.276 e. The van der Waals surface area contributed by atoms with Gasteiger partial charge in [-0.3, -0.25) is 4.79 Å². The Labute approximate surface area is 167 Å². The molecule has 8 heteroatoms.